The highest BCUT2D eigenvalue weighted by atomic mass is 32.2. The topological polar surface area (TPSA) is 88.9 Å². The van der Waals surface area contributed by atoms with E-state index >= 15 is 0 Å². The molecule has 156 valence electrons. The van der Waals surface area contributed by atoms with Gasteiger partial charge in [0.25, 0.3) is 0 Å². The first-order chi connectivity index (χ1) is 14.0. The number of rotatable bonds is 8. The molecule has 1 N–H and O–H groups in total. The Morgan fingerprint density at radius 2 is 1.97 bits per heavy atom. The van der Waals surface area contributed by atoms with Crippen molar-refractivity contribution in [3.05, 3.63) is 54.5 Å². The van der Waals surface area contributed by atoms with Gasteiger partial charge in [0.2, 0.25) is 15.9 Å². The maximum Gasteiger partial charge on any atom is 0.246 e. The van der Waals surface area contributed by atoms with Crippen molar-refractivity contribution < 1.29 is 22.4 Å². The Hall–Kier alpha value is -2.58. The van der Waals surface area contributed by atoms with Crippen molar-refractivity contribution in [1.29, 1.82) is 0 Å². The molecule has 2 heterocycles. The van der Waals surface area contributed by atoms with Crippen LogP contribution in [-0.4, -0.2) is 45.5 Å². The van der Waals surface area contributed by atoms with Gasteiger partial charge in [0.1, 0.15) is 11.5 Å². The molecule has 2 aromatic rings. The Morgan fingerprint density at radius 1 is 1.24 bits per heavy atom. The molecule has 8 heteroatoms. The molecule has 1 aromatic heterocycles. The van der Waals surface area contributed by atoms with E-state index in [1.165, 1.54) is 6.08 Å². The van der Waals surface area contributed by atoms with Gasteiger partial charge >= 0.3 is 0 Å². The van der Waals surface area contributed by atoms with Crippen molar-refractivity contribution in [3.8, 4) is 5.75 Å². The van der Waals surface area contributed by atoms with E-state index in [2.05, 4.69) is 4.72 Å². The van der Waals surface area contributed by atoms with E-state index in [1.54, 1.807) is 53.6 Å². The summed E-state index contributed by atoms with van der Waals surface area (Å²) in [6.45, 7) is 3.98. The second-order valence-corrected chi connectivity index (χ2v) is 8.64. The van der Waals surface area contributed by atoms with Gasteiger partial charge in [-0.25, -0.2) is 13.1 Å². The summed E-state index contributed by atoms with van der Waals surface area (Å²) < 4.78 is 38.2. The minimum Gasteiger partial charge on any atom is -0.494 e. The lowest BCUT2D eigenvalue weighted by Gasteiger charge is -2.31. The molecule has 1 saturated heterocycles. The predicted molar refractivity (Wildman–Crippen MR) is 110 cm³/mol. The molecular formula is C21H26N2O5S. The molecule has 0 radical (unpaired) electrons. The molecule has 0 spiro atoms. The molecule has 29 heavy (non-hydrogen) atoms. The number of hydrogen-bond donors (Lipinski definition) is 1. The lowest BCUT2D eigenvalue weighted by atomic mass is 9.97. The molecule has 0 bridgehead atoms. The fraction of sp³-hybridized carbons (Fsp3) is 0.381. The van der Waals surface area contributed by atoms with Crippen LogP contribution in [0, 0.1) is 5.92 Å². The lowest BCUT2D eigenvalue weighted by Crippen LogP contribution is -2.40. The van der Waals surface area contributed by atoms with Crippen LogP contribution in [0.1, 0.15) is 25.5 Å². The van der Waals surface area contributed by atoms with E-state index in [1.807, 2.05) is 6.92 Å². The number of hydrogen-bond acceptors (Lipinski definition) is 5. The number of likely N-dealkylation sites (tertiary alicyclic amines) is 1. The number of nitrogens with zero attached hydrogens (tertiary/aromatic N) is 1. The molecule has 0 aliphatic carbocycles. The average Bonchev–Trinajstić information content (AvgIpc) is 3.25. The van der Waals surface area contributed by atoms with Crippen molar-refractivity contribution in [2.75, 3.05) is 26.2 Å². The summed E-state index contributed by atoms with van der Waals surface area (Å²) in [5.41, 5.74) is 0. The van der Waals surface area contributed by atoms with Crippen LogP contribution in [0.3, 0.4) is 0 Å². The minimum absolute atomic E-state index is 0.0604. The molecule has 1 fully saturated rings. The van der Waals surface area contributed by atoms with Gasteiger partial charge in [-0.1, -0.05) is 0 Å². The van der Waals surface area contributed by atoms with Gasteiger partial charge in [0.15, 0.2) is 0 Å². The number of nitrogens with one attached hydrogen (secondary N) is 1. The SMILES string of the molecule is CCOc1ccc(S(=O)(=O)NCC2CCN(C(=O)/C=C/c3ccco3)CC2)cc1. The largest absolute Gasteiger partial charge is 0.494 e. The average molecular weight is 419 g/mol. The van der Waals surface area contributed by atoms with Crippen molar-refractivity contribution in [1.82, 2.24) is 9.62 Å². The molecule has 1 amide bonds. The van der Waals surface area contributed by atoms with Crippen LogP contribution in [-0.2, 0) is 14.8 Å². The zero-order valence-electron chi connectivity index (χ0n) is 16.4. The maximum absolute atomic E-state index is 12.5. The highest BCUT2D eigenvalue weighted by Gasteiger charge is 2.23. The standard InChI is InChI=1S/C21H26N2O5S/c1-2-27-19-5-8-20(9-6-19)29(25,26)22-16-17-11-13-23(14-12-17)21(24)10-7-18-4-3-15-28-18/h3-10,15,17,22H,2,11-14,16H2,1H3/b10-7+. The quantitative estimate of drug-likeness (QED) is 0.666. The minimum atomic E-state index is -3.56. The summed E-state index contributed by atoms with van der Waals surface area (Å²) in [6.07, 6.45) is 6.23. The van der Waals surface area contributed by atoms with Crippen LogP contribution in [0.5, 0.6) is 5.75 Å². The molecular weight excluding hydrogens is 392 g/mol. The fourth-order valence-electron chi connectivity index (χ4n) is 3.19. The molecule has 0 saturated carbocycles. The van der Waals surface area contributed by atoms with Crippen molar-refractivity contribution in [3.63, 3.8) is 0 Å². The van der Waals surface area contributed by atoms with Crippen molar-refractivity contribution >= 4 is 22.0 Å². The molecule has 7 nitrogen and oxygen atoms in total. The van der Waals surface area contributed by atoms with E-state index in [4.69, 9.17) is 9.15 Å². The third kappa shape index (κ3) is 5.95. The second kappa shape index (κ2) is 9.76. The van der Waals surface area contributed by atoms with Crippen LogP contribution >= 0.6 is 0 Å². The Bertz CT molecular complexity index is 912. The molecule has 1 aliphatic rings. The normalized spacial score (nSPS) is 15.7. The number of ether oxygens (including phenoxy) is 1. The Labute approximate surface area is 171 Å². The smallest absolute Gasteiger partial charge is 0.246 e. The number of benzene rings is 1. The third-order valence-electron chi connectivity index (χ3n) is 4.87. The van der Waals surface area contributed by atoms with E-state index in [0.717, 1.165) is 12.8 Å². The van der Waals surface area contributed by atoms with Crippen LogP contribution in [0.25, 0.3) is 6.08 Å². The van der Waals surface area contributed by atoms with Gasteiger partial charge in [0.05, 0.1) is 17.8 Å². The molecule has 0 atom stereocenters. The number of furan rings is 1. The van der Waals surface area contributed by atoms with Gasteiger partial charge < -0.3 is 14.1 Å². The zero-order chi connectivity index (χ0) is 20.7. The molecule has 3 rings (SSSR count). The first-order valence-corrected chi connectivity index (χ1v) is 11.2. The number of carbonyl (C=O) groups excluding carboxylic acids is 1. The Balaban J connectivity index is 1.46. The molecule has 1 aliphatic heterocycles. The highest BCUT2D eigenvalue weighted by Crippen LogP contribution is 2.19. The molecule has 0 unspecified atom stereocenters. The van der Waals surface area contributed by atoms with Gasteiger partial charge in [-0.15, -0.1) is 0 Å². The summed E-state index contributed by atoms with van der Waals surface area (Å²) >= 11 is 0. The van der Waals surface area contributed by atoms with Gasteiger partial charge in [-0.05, 0) is 68.2 Å². The third-order valence-corrected chi connectivity index (χ3v) is 6.31. The zero-order valence-corrected chi connectivity index (χ0v) is 17.2. The second-order valence-electron chi connectivity index (χ2n) is 6.87. The Kier molecular flexibility index (Phi) is 7.11. The van der Waals surface area contributed by atoms with Crippen molar-refractivity contribution in [2.45, 2.75) is 24.7 Å². The van der Waals surface area contributed by atoms with E-state index in [9.17, 15) is 13.2 Å². The van der Waals surface area contributed by atoms with Crippen LogP contribution in [0.2, 0.25) is 0 Å². The maximum atomic E-state index is 12.5. The van der Waals surface area contributed by atoms with E-state index in [-0.39, 0.29) is 16.7 Å². The predicted octanol–water partition coefficient (Wildman–Crippen LogP) is 2.91. The van der Waals surface area contributed by atoms with Crippen LogP contribution in [0.15, 0.2) is 58.1 Å². The number of carbonyl (C=O) groups is 1. The number of piperidine rings is 1. The van der Waals surface area contributed by atoms with Crippen LogP contribution in [0.4, 0.5) is 0 Å². The summed E-state index contributed by atoms with van der Waals surface area (Å²) in [6, 6.07) is 9.94. The molecule has 1 aromatic carbocycles. The lowest BCUT2D eigenvalue weighted by molar-refractivity contribution is -0.127. The van der Waals surface area contributed by atoms with Crippen molar-refractivity contribution in [2.24, 2.45) is 5.92 Å². The number of amides is 1. The van der Waals surface area contributed by atoms with Gasteiger partial charge in [-0.2, -0.15) is 0 Å². The fourth-order valence-corrected chi connectivity index (χ4v) is 4.31. The van der Waals surface area contributed by atoms with Gasteiger partial charge in [-0.3, -0.25) is 4.79 Å². The first kappa shape index (κ1) is 21.1. The summed E-state index contributed by atoms with van der Waals surface area (Å²) in [4.78, 5) is 14.2. The summed E-state index contributed by atoms with van der Waals surface area (Å²) in [5.74, 6) is 1.42. The van der Waals surface area contributed by atoms with E-state index < -0.39 is 10.0 Å². The number of sulfonamides is 1. The summed E-state index contributed by atoms with van der Waals surface area (Å²) in [5, 5.41) is 0. The first-order valence-electron chi connectivity index (χ1n) is 9.71. The van der Waals surface area contributed by atoms with Crippen LogP contribution < -0.4 is 9.46 Å². The van der Waals surface area contributed by atoms with Gasteiger partial charge in [0, 0.05) is 25.7 Å². The van der Waals surface area contributed by atoms with E-state index in [0.29, 0.717) is 37.8 Å². The summed E-state index contributed by atoms with van der Waals surface area (Å²) in [7, 11) is -3.56. The highest BCUT2D eigenvalue weighted by molar-refractivity contribution is 7.89. The monoisotopic (exact) mass is 418 g/mol. The Morgan fingerprint density at radius 3 is 2.59 bits per heavy atom.